The van der Waals surface area contributed by atoms with Crippen LogP contribution < -0.4 is 4.90 Å². The van der Waals surface area contributed by atoms with E-state index in [4.69, 9.17) is 0 Å². The van der Waals surface area contributed by atoms with Gasteiger partial charge in [-0.3, -0.25) is 14.5 Å². The maximum absolute atomic E-state index is 11.6. The monoisotopic (exact) mass is 296 g/mol. The molecule has 1 fully saturated rings. The van der Waals surface area contributed by atoms with Gasteiger partial charge in [0.1, 0.15) is 0 Å². The van der Waals surface area contributed by atoms with Crippen molar-refractivity contribution in [2.45, 2.75) is 6.92 Å². The first kappa shape index (κ1) is 12.1. The molecule has 1 saturated heterocycles. The Balaban J connectivity index is 2.32. The molecule has 0 atom stereocenters. The number of anilines is 1. The highest BCUT2D eigenvalue weighted by atomic mass is 79.9. The molecule has 0 bridgehead atoms. The lowest BCUT2D eigenvalue weighted by molar-refractivity contribution is -0.143. The molecule has 4 nitrogen and oxygen atoms in total. The molecule has 1 aliphatic rings. The zero-order valence-electron chi connectivity index (χ0n) is 9.74. The fourth-order valence-corrected chi connectivity index (χ4v) is 2.20. The van der Waals surface area contributed by atoms with Crippen LogP contribution in [0.2, 0.25) is 0 Å². The summed E-state index contributed by atoms with van der Waals surface area (Å²) in [5, 5.41) is 0. The van der Waals surface area contributed by atoms with Gasteiger partial charge in [-0.25, -0.2) is 0 Å². The van der Waals surface area contributed by atoms with E-state index in [1.807, 2.05) is 30.0 Å². The molecule has 1 aromatic carbocycles. The summed E-state index contributed by atoms with van der Waals surface area (Å²) in [6.45, 7) is 2.46. The molecule has 0 aromatic heterocycles. The van der Waals surface area contributed by atoms with Crippen molar-refractivity contribution < 1.29 is 9.59 Å². The molecule has 90 valence electrons. The van der Waals surface area contributed by atoms with Gasteiger partial charge in [0.2, 0.25) is 11.8 Å². The van der Waals surface area contributed by atoms with E-state index in [-0.39, 0.29) is 24.9 Å². The first-order chi connectivity index (χ1) is 8.00. The van der Waals surface area contributed by atoms with E-state index in [0.717, 1.165) is 15.7 Å². The number of carbonyl (C=O) groups is 2. The summed E-state index contributed by atoms with van der Waals surface area (Å²) in [6, 6.07) is 5.77. The lowest BCUT2D eigenvalue weighted by Gasteiger charge is -2.33. The fraction of sp³-hybridized carbons (Fsp3) is 0.333. The number of piperazine rings is 1. The minimum absolute atomic E-state index is 0.166. The summed E-state index contributed by atoms with van der Waals surface area (Å²) in [5.74, 6) is -0.332. The molecule has 0 saturated carbocycles. The first-order valence-corrected chi connectivity index (χ1v) is 6.09. The van der Waals surface area contributed by atoms with Crippen molar-refractivity contribution in [3.05, 3.63) is 28.2 Å². The quantitative estimate of drug-likeness (QED) is 0.739. The molecule has 1 heterocycles. The predicted molar refractivity (Wildman–Crippen MR) is 68.9 cm³/mol. The summed E-state index contributed by atoms with van der Waals surface area (Å²) in [6.07, 6.45) is 0. The van der Waals surface area contributed by atoms with Crippen molar-refractivity contribution in [2.24, 2.45) is 0 Å². The van der Waals surface area contributed by atoms with E-state index in [9.17, 15) is 9.59 Å². The Labute approximate surface area is 108 Å². The molecule has 17 heavy (non-hydrogen) atoms. The fourth-order valence-electron chi connectivity index (χ4n) is 1.84. The standard InChI is InChI=1S/C12H13BrN2O2/c1-8-9(13)4-3-5-10(8)15-6-11(16)14(2)12(17)7-15/h3-5H,6-7H2,1-2H3. The number of nitrogens with zero attached hydrogens (tertiary/aromatic N) is 2. The van der Waals surface area contributed by atoms with Crippen LogP contribution in [-0.4, -0.2) is 36.9 Å². The van der Waals surface area contributed by atoms with Crippen molar-refractivity contribution in [1.82, 2.24) is 4.90 Å². The Kier molecular flexibility index (Phi) is 3.19. The average Bonchev–Trinajstić information content (AvgIpc) is 2.29. The molecule has 0 N–H and O–H groups in total. The van der Waals surface area contributed by atoms with Crippen LogP contribution in [0.5, 0.6) is 0 Å². The zero-order chi connectivity index (χ0) is 12.6. The van der Waals surface area contributed by atoms with Crippen LogP contribution >= 0.6 is 15.9 Å². The third-order valence-corrected chi connectivity index (χ3v) is 3.84. The predicted octanol–water partition coefficient (Wildman–Crippen LogP) is 1.56. The number of hydrogen-bond acceptors (Lipinski definition) is 3. The highest BCUT2D eigenvalue weighted by Gasteiger charge is 2.28. The molecular weight excluding hydrogens is 284 g/mol. The molecular formula is C12H13BrN2O2. The first-order valence-electron chi connectivity index (χ1n) is 5.30. The summed E-state index contributed by atoms with van der Waals surface area (Å²) in [4.78, 5) is 26.3. The van der Waals surface area contributed by atoms with Gasteiger partial charge in [-0.1, -0.05) is 22.0 Å². The molecule has 0 aliphatic carbocycles. The third kappa shape index (κ3) is 2.20. The van der Waals surface area contributed by atoms with Gasteiger partial charge in [0, 0.05) is 17.2 Å². The number of halogens is 1. The Hall–Kier alpha value is -1.36. The van der Waals surface area contributed by atoms with Gasteiger partial charge in [-0.05, 0) is 24.6 Å². The molecule has 0 spiro atoms. The minimum Gasteiger partial charge on any atom is -0.353 e. The van der Waals surface area contributed by atoms with E-state index in [2.05, 4.69) is 15.9 Å². The van der Waals surface area contributed by atoms with Crippen molar-refractivity contribution in [1.29, 1.82) is 0 Å². The number of imide groups is 1. The average molecular weight is 297 g/mol. The van der Waals surface area contributed by atoms with E-state index < -0.39 is 0 Å². The van der Waals surface area contributed by atoms with Gasteiger partial charge in [0.05, 0.1) is 13.1 Å². The largest absolute Gasteiger partial charge is 0.353 e. The Morgan fingerprint density at radius 1 is 1.18 bits per heavy atom. The molecule has 1 aliphatic heterocycles. The second-order valence-electron chi connectivity index (χ2n) is 4.09. The normalized spacial score (nSPS) is 16.6. The molecule has 1 aromatic rings. The SMILES string of the molecule is Cc1c(Br)cccc1N1CC(=O)N(C)C(=O)C1. The molecule has 2 amide bonds. The smallest absolute Gasteiger partial charge is 0.248 e. The molecule has 2 rings (SSSR count). The van der Waals surface area contributed by atoms with Gasteiger partial charge in [0.25, 0.3) is 0 Å². The van der Waals surface area contributed by atoms with E-state index in [1.54, 1.807) is 0 Å². The van der Waals surface area contributed by atoms with Crippen LogP contribution in [0, 0.1) is 6.92 Å². The number of benzene rings is 1. The van der Waals surface area contributed by atoms with E-state index >= 15 is 0 Å². The third-order valence-electron chi connectivity index (χ3n) is 2.98. The number of carbonyl (C=O) groups excluding carboxylic acids is 2. The summed E-state index contributed by atoms with van der Waals surface area (Å²) in [5.41, 5.74) is 1.96. The Morgan fingerprint density at radius 3 is 2.35 bits per heavy atom. The number of likely N-dealkylation sites (N-methyl/N-ethyl adjacent to an activating group) is 1. The highest BCUT2D eigenvalue weighted by molar-refractivity contribution is 9.10. The minimum atomic E-state index is -0.166. The summed E-state index contributed by atoms with van der Waals surface area (Å²) in [7, 11) is 1.52. The van der Waals surface area contributed by atoms with Crippen LogP contribution in [0.15, 0.2) is 22.7 Å². The molecule has 5 heteroatoms. The number of amides is 2. The summed E-state index contributed by atoms with van der Waals surface area (Å²) < 4.78 is 0.980. The van der Waals surface area contributed by atoms with Crippen LogP contribution in [0.4, 0.5) is 5.69 Å². The van der Waals surface area contributed by atoms with Gasteiger partial charge in [-0.15, -0.1) is 0 Å². The van der Waals surface area contributed by atoms with Crippen molar-refractivity contribution >= 4 is 33.4 Å². The highest BCUT2D eigenvalue weighted by Crippen LogP contribution is 2.27. The lowest BCUT2D eigenvalue weighted by atomic mass is 10.1. The lowest BCUT2D eigenvalue weighted by Crippen LogP contribution is -2.52. The second kappa shape index (κ2) is 4.49. The van der Waals surface area contributed by atoms with Gasteiger partial charge >= 0.3 is 0 Å². The van der Waals surface area contributed by atoms with Crippen molar-refractivity contribution in [2.75, 3.05) is 25.0 Å². The van der Waals surface area contributed by atoms with Gasteiger partial charge in [-0.2, -0.15) is 0 Å². The molecule has 0 radical (unpaired) electrons. The van der Waals surface area contributed by atoms with Crippen LogP contribution in [0.3, 0.4) is 0 Å². The van der Waals surface area contributed by atoms with Crippen molar-refractivity contribution in [3.63, 3.8) is 0 Å². The van der Waals surface area contributed by atoms with E-state index in [1.165, 1.54) is 11.9 Å². The topological polar surface area (TPSA) is 40.6 Å². The van der Waals surface area contributed by atoms with Crippen molar-refractivity contribution in [3.8, 4) is 0 Å². The van der Waals surface area contributed by atoms with Gasteiger partial charge in [0.15, 0.2) is 0 Å². The van der Waals surface area contributed by atoms with Crippen LogP contribution in [-0.2, 0) is 9.59 Å². The van der Waals surface area contributed by atoms with Crippen LogP contribution in [0.25, 0.3) is 0 Å². The van der Waals surface area contributed by atoms with Crippen LogP contribution in [0.1, 0.15) is 5.56 Å². The number of hydrogen-bond donors (Lipinski definition) is 0. The Bertz CT molecular complexity index is 469. The maximum Gasteiger partial charge on any atom is 0.248 e. The maximum atomic E-state index is 11.6. The second-order valence-corrected chi connectivity index (χ2v) is 4.94. The van der Waals surface area contributed by atoms with E-state index in [0.29, 0.717) is 0 Å². The molecule has 0 unspecified atom stereocenters. The summed E-state index contributed by atoms with van der Waals surface area (Å²) >= 11 is 3.45. The zero-order valence-corrected chi connectivity index (χ0v) is 11.3. The van der Waals surface area contributed by atoms with Gasteiger partial charge < -0.3 is 4.90 Å². The number of rotatable bonds is 1. The Morgan fingerprint density at radius 2 is 1.76 bits per heavy atom.